The maximum absolute atomic E-state index is 14.0. The van der Waals surface area contributed by atoms with Gasteiger partial charge in [0.05, 0.1) is 22.7 Å². The number of anilines is 1. The van der Waals surface area contributed by atoms with Crippen LogP contribution in [0.2, 0.25) is 0 Å². The van der Waals surface area contributed by atoms with Crippen molar-refractivity contribution in [1.29, 1.82) is 0 Å². The molecule has 2 aromatic heterocycles. The first-order valence-corrected chi connectivity index (χ1v) is 18.1. The van der Waals surface area contributed by atoms with Crippen molar-refractivity contribution in [2.75, 3.05) is 23.5 Å². The highest BCUT2D eigenvalue weighted by Gasteiger charge is 2.29. The van der Waals surface area contributed by atoms with Gasteiger partial charge < -0.3 is 4.90 Å². The highest BCUT2D eigenvalue weighted by molar-refractivity contribution is 8.03. The van der Waals surface area contributed by atoms with E-state index in [-0.39, 0.29) is 24.6 Å². The van der Waals surface area contributed by atoms with Gasteiger partial charge in [0, 0.05) is 23.5 Å². The molecule has 0 spiro atoms. The summed E-state index contributed by atoms with van der Waals surface area (Å²) in [5.41, 5.74) is 3.84. The summed E-state index contributed by atoms with van der Waals surface area (Å²) in [5, 5.41) is 1.20. The Labute approximate surface area is 245 Å². The number of thiazole rings is 1. The molecule has 3 heterocycles. The standard InChI is InChI=1S/C25H28FN3O6S5/c1-5-17(11-23-28(7-6-8-40(33,34)35)25-20(37-23)13-21(26)38-25)12-24-29(14-22(30)27-39(4,31)32)18-9-15(2)16(3)10-19(18)36-24/h9-13H,5-8,14H2,1-4H3,(H-,27,30,33,34,35)/p+1. The third-order valence-corrected chi connectivity index (χ3v) is 10.8. The minimum Gasteiger partial charge on any atom is -0.325 e. The molecule has 0 radical (unpaired) electrons. The molecule has 0 saturated carbocycles. The number of fused-ring (bicyclic) bond motifs is 2. The molecule has 1 amide bonds. The van der Waals surface area contributed by atoms with Crippen LogP contribution >= 0.6 is 34.4 Å². The molecule has 40 heavy (non-hydrogen) atoms. The van der Waals surface area contributed by atoms with Gasteiger partial charge in [-0.1, -0.05) is 30.0 Å². The number of hydrogen-bond acceptors (Lipinski definition) is 9. The van der Waals surface area contributed by atoms with Gasteiger partial charge in [-0.05, 0) is 66.5 Å². The average molecular weight is 647 g/mol. The van der Waals surface area contributed by atoms with Crippen molar-refractivity contribution in [3.8, 4) is 0 Å². The van der Waals surface area contributed by atoms with Crippen molar-refractivity contribution in [3.05, 3.63) is 56.1 Å². The quantitative estimate of drug-likeness (QED) is 0.242. The van der Waals surface area contributed by atoms with Crippen molar-refractivity contribution in [2.45, 2.75) is 45.1 Å². The second kappa shape index (κ2) is 11.9. The highest BCUT2D eigenvalue weighted by Crippen LogP contribution is 2.47. The number of rotatable bonds is 10. The van der Waals surface area contributed by atoms with Gasteiger partial charge in [-0.3, -0.25) is 14.1 Å². The number of thioether (sulfide) groups is 1. The zero-order valence-electron chi connectivity index (χ0n) is 22.2. The Morgan fingerprint density at radius 2 is 1.85 bits per heavy atom. The molecule has 0 fully saturated rings. The van der Waals surface area contributed by atoms with Crippen molar-refractivity contribution in [1.82, 2.24) is 4.72 Å². The third kappa shape index (κ3) is 7.50. The van der Waals surface area contributed by atoms with Gasteiger partial charge in [-0.25, -0.2) is 8.42 Å². The van der Waals surface area contributed by atoms with E-state index >= 15 is 0 Å². The van der Waals surface area contributed by atoms with E-state index in [4.69, 9.17) is 4.55 Å². The molecule has 15 heteroatoms. The molecule has 216 valence electrons. The van der Waals surface area contributed by atoms with Gasteiger partial charge in [-0.2, -0.15) is 17.4 Å². The smallest absolute Gasteiger partial charge is 0.283 e. The molecular weight excluding hydrogens is 618 g/mol. The van der Waals surface area contributed by atoms with Crippen molar-refractivity contribution in [2.24, 2.45) is 0 Å². The molecule has 9 nitrogen and oxygen atoms in total. The first-order valence-electron chi connectivity index (χ1n) is 12.2. The second-order valence-corrected chi connectivity index (χ2v) is 15.8. The number of nitrogens with one attached hydrogen (secondary N) is 1. The molecule has 0 bridgehead atoms. The van der Waals surface area contributed by atoms with Gasteiger partial charge in [-0.15, -0.1) is 0 Å². The lowest BCUT2D eigenvalue weighted by molar-refractivity contribution is -0.666. The lowest BCUT2D eigenvalue weighted by Gasteiger charge is -2.20. The minimum atomic E-state index is -4.13. The molecule has 1 aliphatic rings. The minimum absolute atomic E-state index is 0.158. The molecule has 0 atom stereocenters. The first-order chi connectivity index (χ1) is 18.6. The van der Waals surface area contributed by atoms with Crippen LogP contribution in [0.4, 0.5) is 10.1 Å². The van der Waals surface area contributed by atoms with E-state index in [1.807, 2.05) is 54.3 Å². The van der Waals surface area contributed by atoms with Crippen molar-refractivity contribution in [3.63, 3.8) is 0 Å². The third-order valence-electron chi connectivity index (χ3n) is 6.13. The number of carbonyl (C=O) groups excluding carboxylic acids is 1. The van der Waals surface area contributed by atoms with Gasteiger partial charge in [0.15, 0.2) is 11.7 Å². The number of amides is 1. The van der Waals surface area contributed by atoms with Crippen LogP contribution in [-0.2, 0) is 31.5 Å². The molecule has 1 aliphatic heterocycles. The topological polar surface area (TPSA) is 125 Å². The number of sulfonamides is 1. The number of hydrogen-bond donors (Lipinski definition) is 2. The number of halogens is 1. The second-order valence-electron chi connectivity index (χ2n) is 9.40. The number of aryl methyl sites for hydroxylation is 3. The first kappa shape index (κ1) is 30.7. The van der Waals surface area contributed by atoms with Crippen LogP contribution in [0.5, 0.6) is 0 Å². The van der Waals surface area contributed by atoms with E-state index < -0.39 is 31.8 Å². The van der Waals surface area contributed by atoms with Crippen LogP contribution in [0, 0.1) is 19.0 Å². The van der Waals surface area contributed by atoms with Crippen LogP contribution in [-0.4, -0.2) is 45.8 Å². The Kier molecular flexibility index (Phi) is 9.12. The Bertz CT molecular complexity index is 1760. The summed E-state index contributed by atoms with van der Waals surface area (Å²) in [5.74, 6) is -1.06. The van der Waals surface area contributed by atoms with E-state index in [9.17, 15) is 26.0 Å². The summed E-state index contributed by atoms with van der Waals surface area (Å²) in [6, 6.07) is 5.46. The molecule has 4 rings (SSSR count). The number of aromatic nitrogens is 1. The largest absolute Gasteiger partial charge is 0.325 e. The summed E-state index contributed by atoms with van der Waals surface area (Å²) in [6.45, 7) is 6.03. The van der Waals surface area contributed by atoms with E-state index in [0.717, 1.165) is 59.6 Å². The maximum atomic E-state index is 14.0. The molecule has 2 N–H and O–H groups in total. The van der Waals surface area contributed by atoms with Crippen LogP contribution in [0.3, 0.4) is 0 Å². The van der Waals surface area contributed by atoms with Crippen LogP contribution in [0.1, 0.15) is 35.9 Å². The number of thiophene rings is 1. The van der Waals surface area contributed by atoms with Crippen molar-refractivity contribution < 1.29 is 35.1 Å². The predicted molar refractivity (Wildman–Crippen MR) is 159 cm³/mol. The Morgan fingerprint density at radius 3 is 2.50 bits per heavy atom. The summed E-state index contributed by atoms with van der Waals surface area (Å²) in [6.07, 6.45) is 5.60. The van der Waals surface area contributed by atoms with Gasteiger partial charge in [0.2, 0.25) is 10.0 Å². The monoisotopic (exact) mass is 646 g/mol. The highest BCUT2D eigenvalue weighted by atomic mass is 32.2. The molecule has 3 aromatic rings. The molecule has 1 aromatic carbocycles. The van der Waals surface area contributed by atoms with Crippen LogP contribution in [0.15, 0.2) is 39.8 Å². The fraction of sp³-hybridized carbons (Fsp3) is 0.360. The SMILES string of the molecule is CCC(=Cc1sc2cc(F)sc2[n+]1CCCS(=O)(=O)O)C=C1Sc2cc(C)c(C)cc2N1CC(=O)NS(C)(=O)=O. The fourth-order valence-corrected chi connectivity index (χ4v) is 8.64. The number of benzene rings is 1. The Hall–Kier alpha value is -2.30. The van der Waals surface area contributed by atoms with Gasteiger partial charge in [0.1, 0.15) is 11.2 Å². The van der Waals surface area contributed by atoms with E-state index in [1.54, 1.807) is 4.90 Å². The van der Waals surface area contributed by atoms with E-state index in [0.29, 0.717) is 11.3 Å². The predicted octanol–water partition coefficient (Wildman–Crippen LogP) is 4.61. The number of allylic oxidation sites excluding steroid dienone is 2. The molecule has 0 saturated heterocycles. The Morgan fingerprint density at radius 1 is 1.15 bits per heavy atom. The fourth-order valence-electron chi connectivity index (χ4n) is 4.16. The molecular formula is C25H29FN3O6S5+. The zero-order valence-corrected chi connectivity index (χ0v) is 26.3. The summed E-state index contributed by atoms with van der Waals surface area (Å²) < 4.78 is 73.6. The summed E-state index contributed by atoms with van der Waals surface area (Å²) in [7, 11) is -7.85. The average Bonchev–Trinajstić information content (AvgIpc) is 3.43. The van der Waals surface area contributed by atoms with E-state index in [2.05, 4.69) is 0 Å². The lowest BCUT2D eigenvalue weighted by Crippen LogP contribution is -2.38. The van der Waals surface area contributed by atoms with Gasteiger partial charge >= 0.3 is 0 Å². The maximum Gasteiger partial charge on any atom is 0.283 e. The van der Waals surface area contributed by atoms with E-state index in [1.165, 1.54) is 29.2 Å². The summed E-state index contributed by atoms with van der Waals surface area (Å²) in [4.78, 5) is 16.0. The summed E-state index contributed by atoms with van der Waals surface area (Å²) >= 11 is 3.84. The zero-order chi connectivity index (χ0) is 29.4. The number of nitrogens with zero attached hydrogens (tertiary/aromatic N) is 2. The van der Waals surface area contributed by atoms with Crippen LogP contribution < -0.4 is 14.2 Å². The molecule has 0 aliphatic carbocycles. The Balaban J connectivity index is 1.73. The molecule has 0 unspecified atom stereocenters. The van der Waals surface area contributed by atoms with Crippen LogP contribution in [0.25, 0.3) is 15.6 Å². The normalized spacial score (nSPS) is 15.3. The van der Waals surface area contributed by atoms with Gasteiger partial charge in [0.25, 0.3) is 25.9 Å². The van der Waals surface area contributed by atoms with Crippen molar-refractivity contribution >= 4 is 81.8 Å². The number of carbonyl (C=O) groups is 1. The lowest BCUT2D eigenvalue weighted by atomic mass is 10.1.